The lowest BCUT2D eigenvalue weighted by atomic mass is 9.94. The van der Waals surface area contributed by atoms with Crippen LogP contribution in [0.4, 0.5) is 0 Å². The molecule has 1 heterocycles. The van der Waals surface area contributed by atoms with Gasteiger partial charge in [-0.05, 0) is 20.3 Å². The molecule has 0 amide bonds. The van der Waals surface area contributed by atoms with Crippen LogP contribution in [-0.4, -0.2) is 50.5 Å². The average molecular weight is 264 g/mol. The summed E-state index contributed by atoms with van der Waals surface area (Å²) < 4.78 is 28.1. The fourth-order valence-electron chi connectivity index (χ4n) is 1.96. The minimum atomic E-state index is -2.97. The maximum absolute atomic E-state index is 12.2. The lowest BCUT2D eigenvalue weighted by molar-refractivity contribution is 0.0582. The number of aliphatic hydroxyl groups is 1. The first-order valence-electron chi connectivity index (χ1n) is 6.22. The number of aliphatic hydroxyl groups excluding tert-OH is 1. The molecule has 0 radical (unpaired) electrons. The summed E-state index contributed by atoms with van der Waals surface area (Å²) in [6, 6.07) is -0.140. The minimum Gasteiger partial charge on any atom is -0.391 e. The van der Waals surface area contributed by atoms with Crippen LogP contribution < -0.4 is 0 Å². The molecule has 1 rings (SSSR count). The van der Waals surface area contributed by atoms with Gasteiger partial charge in [0, 0.05) is 6.42 Å². The van der Waals surface area contributed by atoms with E-state index in [-0.39, 0.29) is 12.1 Å². The van der Waals surface area contributed by atoms with E-state index < -0.39 is 13.7 Å². The Balaban J connectivity index is 2.39. The predicted molar refractivity (Wildman–Crippen MR) is 68.2 cm³/mol. The van der Waals surface area contributed by atoms with Crippen LogP contribution >= 0.6 is 7.60 Å². The second kappa shape index (κ2) is 6.91. The Labute approximate surface area is 104 Å². The summed E-state index contributed by atoms with van der Waals surface area (Å²) in [7, 11) is -1.13. The molecule has 1 N–H and O–H groups in total. The zero-order valence-corrected chi connectivity index (χ0v) is 11.7. The normalized spacial score (nSPS) is 29.7. The molecule has 0 aromatic heterocycles. The smallest absolute Gasteiger partial charge is 0.330 e. The Bertz CT molecular complexity index is 255. The van der Waals surface area contributed by atoms with Crippen LogP contribution in [0.15, 0.2) is 0 Å². The molecule has 1 aliphatic heterocycles. The standard InChI is InChI=1S/C10H22BO5P/c1-3-14-17(13,15-4-2)6-5-8-7-9(12)10(11)16-8/h8-10,12H,3-7,11H2,1-2H3/t8-,9+,10-/m1/s1. The van der Waals surface area contributed by atoms with Gasteiger partial charge >= 0.3 is 7.60 Å². The summed E-state index contributed by atoms with van der Waals surface area (Å²) in [4.78, 5) is 0. The van der Waals surface area contributed by atoms with Crippen molar-refractivity contribution < 1.29 is 23.5 Å². The van der Waals surface area contributed by atoms with E-state index in [2.05, 4.69) is 0 Å². The summed E-state index contributed by atoms with van der Waals surface area (Å²) in [5.41, 5.74) is 0. The fraction of sp³-hybridized carbons (Fsp3) is 1.00. The van der Waals surface area contributed by atoms with Gasteiger partial charge in [-0.15, -0.1) is 0 Å². The van der Waals surface area contributed by atoms with Gasteiger partial charge in [-0.3, -0.25) is 4.57 Å². The van der Waals surface area contributed by atoms with Crippen LogP contribution in [0, 0.1) is 0 Å². The molecule has 100 valence electrons. The van der Waals surface area contributed by atoms with Gasteiger partial charge in [-0.1, -0.05) is 0 Å². The van der Waals surface area contributed by atoms with Crippen LogP contribution in [0.1, 0.15) is 26.7 Å². The first-order valence-corrected chi connectivity index (χ1v) is 7.95. The molecular weight excluding hydrogens is 242 g/mol. The van der Waals surface area contributed by atoms with Crippen molar-refractivity contribution in [1.29, 1.82) is 0 Å². The molecule has 0 aliphatic carbocycles. The van der Waals surface area contributed by atoms with Gasteiger partial charge in [0.1, 0.15) is 7.85 Å². The second-order valence-corrected chi connectivity index (χ2v) is 6.41. The Kier molecular flexibility index (Phi) is 6.17. The molecule has 3 atom stereocenters. The van der Waals surface area contributed by atoms with Crippen LogP contribution in [0.2, 0.25) is 0 Å². The van der Waals surface area contributed by atoms with Gasteiger partial charge in [-0.2, -0.15) is 0 Å². The van der Waals surface area contributed by atoms with Crippen LogP contribution in [0.3, 0.4) is 0 Å². The topological polar surface area (TPSA) is 65.0 Å². The van der Waals surface area contributed by atoms with E-state index in [1.807, 2.05) is 7.85 Å². The molecule has 0 spiro atoms. The molecule has 7 heteroatoms. The summed E-state index contributed by atoms with van der Waals surface area (Å²) in [5.74, 6) is 0. The lowest BCUT2D eigenvalue weighted by Gasteiger charge is -2.18. The van der Waals surface area contributed by atoms with Gasteiger partial charge in [0.05, 0.1) is 37.6 Å². The van der Waals surface area contributed by atoms with Gasteiger partial charge in [0.2, 0.25) is 0 Å². The minimum absolute atomic E-state index is 0.0470. The number of ether oxygens (including phenoxy) is 1. The zero-order chi connectivity index (χ0) is 12.9. The quantitative estimate of drug-likeness (QED) is 0.543. The molecule has 0 aromatic rings. The maximum atomic E-state index is 12.2. The molecule has 1 aliphatic rings. The van der Waals surface area contributed by atoms with Crippen molar-refractivity contribution in [2.45, 2.75) is 44.9 Å². The van der Waals surface area contributed by atoms with E-state index in [9.17, 15) is 9.67 Å². The van der Waals surface area contributed by atoms with Crippen LogP contribution in [0.5, 0.6) is 0 Å². The van der Waals surface area contributed by atoms with Crippen molar-refractivity contribution >= 4 is 15.4 Å². The summed E-state index contributed by atoms with van der Waals surface area (Å²) in [5, 5.41) is 9.55. The highest BCUT2D eigenvalue weighted by molar-refractivity contribution is 7.53. The Morgan fingerprint density at radius 1 is 1.41 bits per heavy atom. The first-order chi connectivity index (χ1) is 8.00. The van der Waals surface area contributed by atoms with Crippen molar-refractivity contribution in [2.24, 2.45) is 0 Å². The Hall–Kier alpha value is 0.135. The molecule has 1 fully saturated rings. The van der Waals surface area contributed by atoms with Gasteiger partial charge in [0.15, 0.2) is 0 Å². The molecule has 0 bridgehead atoms. The molecule has 0 aromatic carbocycles. The van der Waals surface area contributed by atoms with Gasteiger partial charge in [-0.25, -0.2) is 0 Å². The Morgan fingerprint density at radius 3 is 2.41 bits per heavy atom. The van der Waals surface area contributed by atoms with Gasteiger partial charge in [0.25, 0.3) is 0 Å². The third-order valence-electron chi connectivity index (χ3n) is 2.83. The van der Waals surface area contributed by atoms with Crippen molar-refractivity contribution in [3.05, 3.63) is 0 Å². The largest absolute Gasteiger partial charge is 0.391 e. The number of hydrogen-bond acceptors (Lipinski definition) is 5. The van der Waals surface area contributed by atoms with Crippen LogP contribution in [-0.2, 0) is 18.3 Å². The second-order valence-electron chi connectivity index (χ2n) is 4.22. The summed E-state index contributed by atoms with van der Waals surface area (Å²) in [6.07, 6.45) is 1.07. The molecule has 17 heavy (non-hydrogen) atoms. The number of rotatable bonds is 7. The molecule has 1 saturated heterocycles. The molecule has 0 unspecified atom stereocenters. The molecule has 5 nitrogen and oxygen atoms in total. The van der Waals surface area contributed by atoms with E-state index >= 15 is 0 Å². The average Bonchev–Trinajstić information content (AvgIpc) is 2.57. The van der Waals surface area contributed by atoms with E-state index in [1.165, 1.54) is 0 Å². The Morgan fingerprint density at radius 2 is 2.00 bits per heavy atom. The highest BCUT2D eigenvalue weighted by Crippen LogP contribution is 2.49. The highest BCUT2D eigenvalue weighted by Gasteiger charge is 2.33. The van der Waals surface area contributed by atoms with E-state index in [0.717, 1.165) is 0 Å². The lowest BCUT2D eigenvalue weighted by Crippen LogP contribution is -2.20. The maximum Gasteiger partial charge on any atom is 0.330 e. The number of hydrogen-bond donors (Lipinski definition) is 1. The molecular formula is C10H22BO5P. The first kappa shape index (κ1) is 15.2. The molecule has 0 saturated carbocycles. The third-order valence-corrected chi connectivity index (χ3v) is 4.94. The SMILES string of the molecule is B[C@@H]1O[C@H](CCP(=O)(OCC)OCC)C[C@@H]1O. The van der Waals surface area contributed by atoms with Crippen molar-refractivity contribution in [3.8, 4) is 0 Å². The van der Waals surface area contributed by atoms with E-state index in [1.54, 1.807) is 13.8 Å². The van der Waals surface area contributed by atoms with E-state index in [4.69, 9.17) is 13.8 Å². The van der Waals surface area contributed by atoms with Crippen molar-refractivity contribution in [2.75, 3.05) is 19.4 Å². The zero-order valence-electron chi connectivity index (χ0n) is 10.8. The fourth-order valence-corrected chi connectivity index (χ4v) is 3.68. The predicted octanol–water partition coefficient (Wildman–Crippen LogP) is 0.752. The highest BCUT2D eigenvalue weighted by atomic mass is 31.2. The van der Waals surface area contributed by atoms with Gasteiger partial charge < -0.3 is 18.9 Å². The van der Waals surface area contributed by atoms with Crippen molar-refractivity contribution in [3.63, 3.8) is 0 Å². The monoisotopic (exact) mass is 264 g/mol. The van der Waals surface area contributed by atoms with Crippen molar-refractivity contribution in [1.82, 2.24) is 0 Å². The summed E-state index contributed by atoms with van der Waals surface area (Å²) >= 11 is 0. The van der Waals surface area contributed by atoms with E-state index in [0.29, 0.717) is 32.2 Å². The van der Waals surface area contributed by atoms with Crippen LogP contribution in [0.25, 0.3) is 0 Å². The third kappa shape index (κ3) is 4.72. The summed E-state index contributed by atoms with van der Waals surface area (Å²) in [6.45, 7) is 4.34.